The minimum Gasteiger partial charge on any atom is -0.322 e. The number of fused-ring (bicyclic) bond motifs is 1. The maximum Gasteiger partial charge on any atom is 0.255 e. The summed E-state index contributed by atoms with van der Waals surface area (Å²) in [4.78, 5) is 17.4. The van der Waals surface area contributed by atoms with Gasteiger partial charge in [0.15, 0.2) is 0 Å². The van der Waals surface area contributed by atoms with Crippen molar-refractivity contribution in [2.45, 2.75) is 6.92 Å². The molecule has 0 radical (unpaired) electrons. The van der Waals surface area contributed by atoms with Crippen molar-refractivity contribution < 1.29 is 9.00 Å². The molecule has 6 heteroatoms. The van der Waals surface area contributed by atoms with Crippen LogP contribution in [0.2, 0.25) is 0 Å². The van der Waals surface area contributed by atoms with E-state index in [0.29, 0.717) is 11.3 Å². The summed E-state index contributed by atoms with van der Waals surface area (Å²) in [7, 11) is -0.937. The molecule has 1 aliphatic rings. The molecular weight excluding hydrogens is 406 g/mol. The molecule has 0 bridgehead atoms. The van der Waals surface area contributed by atoms with E-state index in [1.807, 2.05) is 66.0 Å². The molecule has 154 valence electrons. The molecule has 5 rings (SSSR count). The van der Waals surface area contributed by atoms with Crippen LogP contribution >= 0.6 is 0 Å². The Labute approximate surface area is 183 Å². The van der Waals surface area contributed by atoms with Crippen molar-refractivity contribution in [3.8, 4) is 11.3 Å². The van der Waals surface area contributed by atoms with Gasteiger partial charge in [0.2, 0.25) is 0 Å². The van der Waals surface area contributed by atoms with Crippen molar-refractivity contribution in [1.29, 1.82) is 0 Å². The van der Waals surface area contributed by atoms with E-state index in [1.165, 1.54) is 0 Å². The third-order valence-electron chi connectivity index (χ3n) is 5.57. The van der Waals surface area contributed by atoms with E-state index in [-0.39, 0.29) is 5.91 Å². The second kappa shape index (κ2) is 7.96. The predicted octanol–water partition coefficient (Wildman–Crippen LogP) is 4.95. The smallest absolute Gasteiger partial charge is 0.255 e. The molecule has 1 fully saturated rings. The fourth-order valence-electron chi connectivity index (χ4n) is 3.73. The number of hydrogen-bond donors (Lipinski definition) is 1. The van der Waals surface area contributed by atoms with E-state index in [1.54, 1.807) is 12.1 Å². The molecule has 5 nitrogen and oxygen atoms in total. The Balaban J connectivity index is 1.42. The number of carbonyl (C=O) groups excluding carboxylic acids is 1. The molecule has 1 N–H and O–H groups in total. The van der Waals surface area contributed by atoms with Gasteiger partial charge in [-0.1, -0.05) is 36.4 Å². The van der Waals surface area contributed by atoms with E-state index in [0.717, 1.165) is 45.5 Å². The van der Waals surface area contributed by atoms with Gasteiger partial charge in [0.25, 0.3) is 5.91 Å². The highest BCUT2D eigenvalue weighted by molar-refractivity contribution is 7.88. The summed E-state index contributed by atoms with van der Waals surface area (Å²) in [6.45, 7) is 2.75. The number of nitrogens with zero attached hydrogens (tertiary/aromatic N) is 2. The van der Waals surface area contributed by atoms with Gasteiger partial charge >= 0.3 is 0 Å². The zero-order valence-corrected chi connectivity index (χ0v) is 17.9. The van der Waals surface area contributed by atoms with Gasteiger partial charge in [-0.15, -0.1) is 0 Å². The standard InChI is InChI=1S/C25H21N3O2S/c1-17-6-7-20(24-22-5-3-2-4-18(22)12-13-26-24)16-23(17)27-25(29)19-8-10-21(11-9-19)28-14-15-31(28)30/h2-13,16H,14-15H2,1H3,(H,27,29). The van der Waals surface area contributed by atoms with E-state index >= 15 is 0 Å². The molecule has 1 unspecified atom stereocenters. The Bertz CT molecular complexity index is 1310. The lowest BCUT2D eigenvalue weighted by molar-refractivity contribution is 0.102. The number of pyridine rings is 1. The summed E-state index contributed by atoms with van der Waals surface area (Å²) in [6.07, 6.45) is 1.81. The number of anilines is 2. The first-order valence-corrected chi connectivity index (χ1v) is 11.4. The number of hydrogen-bond acceptors (Lipinski definition) is 3. The Hall–Kier alpha value is -3.51. The molecule has 2 heterocycles. The van der Waals surface area contributed by atoms with Crippen molar-refractivity contribution in [3.05, 3.63) is 90.1 Å². The van der Waals surface area contributed by atoms with Gasteiger partial charge in [0.1, 0.15) is 11.0 Å². The number of rotatable bonds is 4. The lowest BCUT2D eigenvalue weighted by Gasteiger charge is -2.31. The monoisotopic (exact) mass is 427 g/mol. The summed E-state index contributed by atoms with van der Waals surface area (Å²) in [6, 6.07) is 23.4. The number of nitrogens with one attached hydrogen (secondary N) is 1. The number of aromatic nitrogens is 1. The number of amides is 1. The maximum absolute atomic E-state index is 12.9. The van der Waals surface area contributed by atoms with Crippen LogP contribution in [0.5, 0.6) is 0 Å². The van der Waals surface area contributed by atoms with Gasteiger partial charge < -0.3 is 5.32 Å². The first kappa shape index (κ1) is 19.5. The summed E-state index contributed by atoms with van der Waals surface area (Å²) in [5, 5.41) is 5.23. The molecule has 1 saturated heterocycles. The molecule has 1 aliphatic heterocycles. The van der Waals surface area contributed by atoms with Crippen LogP contribution in [0.4, 0.5) is 11.4 Å². The molecule has 4 aromatic rings. The van der Waals surface area contributed by atoms with Crippen LogP contribution in [-0.2, 0) is 11.0 Å². The van der Waals surface area contributed by atoms with Crippen LogP contribution in [0.25, 0.3) is 22.0 Å². The van der Waals surface area contributed by atoms with Crippen LogP contribution in [0.15, 0.2) is 79.0 Å². The molecular formula is C25H21N3O2S. The number of aryl methyl sites for hydroxylation is 1. The molecule has 1 atom stereocenters. The zero-order valence-electron chi connectivity index (χ0n) is 17.0. The first-order chi connectivity index (χ1) is 15.1. The van der Waals surface area contributed by atoms with Gasteiger partial charge in [0, 0.05) is 40.6 Å². The summed E-state index contributed by atoms with van der Waals surface area (Å²) >= 11 is 0. The van der Waals surface area contributed by atoms with Gasteiger partial charge in [-0.25, -0.2) is 4.21 Å². The molecule has 1 amide bonds. The Kier molecular flexibility index (Phi) is 5.00. The fourth-order valence-corrected chi connectivity index (χ4v) is 4.60. The lowest BCUT2D eigenvalue weighted by atomic mass is 10.0. The van der Waals surface area contributed by atoms with E-state index < -0.39 is 11.0 Å². The van der Waals surface area contributed by atoms with Crippen LogP contribution < -0.4 is 9.62 Å². The third-order valence-corrected chi connectivity index (χ3v) is 6.98. The van der Waals surface area contributed by atoms with Crippen molar-refractivity contribution >= 4 is 39.0 Å². The van der Waals surface area contributed by atoms with Crippen LogP contribution in [0.1, 0.15) is 15.9 Å². The minimum absolute atomic E-state index is 0.178. The second-order valence-electron chi connectivity index (χ2n) is 7.54. The molecule has 0 spiro atoms. The molecule has 1 aromatic heterocycles. The van der Waals surface area contributed by atoms with Gasteiger partial charge in [-0.05, 0) is 54.3 Å². The first-order valence-electron chi connectivity index (χ1n) is 10.1. The van der Waals surface area contributed by atoms with E-state index in [9.17, 15) is 9.00 Å². The molecule has 3 aromatic carbocycles. The van der Waals surface area contributed by atoms with Crippen LogP contribution in [-0.4, -0.2) is 27.4 Å². The number of benzene rings is 3. The summed E-state index contributed by atoms with van der Waals surface area (Å²) in [5.41, 5.74) is 5.01. The Morgan fingerprint density at radius 3 is 2.58 bits per heavy atom. The fraction of sp³-hybridized carbons (Fsp3) is 0.120. The lowest BCUT2D eigenvalue weighted by Crippen LogP contribution is -2.42. The Morgan fingerprint density at radius 1 is 1.03 bits per heavy atom. The second-order valence-corrected chi connectivity index (χ2v) is 9.03. The normalized spacial score (nSPS) is 15.5. The zero-order chi connectivity index (χ0) is 21.4. The average molecular weight is 428 g/mol. The van der Waals surface area contributed by atoms with Crippen LogP contribution in [0.3, 0.4) is 0 Å². The summed E-state index contributed by atoms with van der Waals surface area (Å²) in [5.74, 6) is 0.520. The maximum atomic E-state index is 12.9. The number of carbonyl (C=O) groups is 1. The highest BCUT2D eigenvalue weighted by Crippen LogP contribution is 2.30. The topological polar surface area (TPSA) is 62.3 Å². The van der Waals surface area contributed by atoms with Crippen LogP contribution in [0, 0.1) is 6.92 Å². The van der Waals surface area contributed by atoms with Gasteiger partial charge in [0.05, 0.1) is 11.4 Å². The van der Waals surface area contributed by atoms with E-state index in [4.69, 9.17) is 0 Å². The average Bonchev–Trinajstić information content (AvgIpc) is 2.79. The molecule has 0 aliphatic carbocycles. The SMILES string of the molecule is Cc1ccc(-c2nccc3ccccc23)cc1NC(=O)c1ccc(N2CCS2=O)cc1. The van der Waals surface area contributed by atoms with Crippen molar-refractivity contribution in [2.75, 3.05) is 21.9 Å². The van der Waals surface area contributed by atoms with Gasteiger partial charge in [-0.2, -0.15) is 0 Å². The minimum atomic E-state index is -0.937. The highest BCUT2D eigenvalue weighted by Gasteiger charge is 2.23. The Morgan fingerprint density at radius 2 is 1.84 bits per heavy atom. The summed E-state index contributed by atoms with van der Waals surface area (Å²) < 4.78 is 13.5. The molecule has 31 heavy (non-hydrogen) atoms. The highest BCUT2D eigenvalue weighted by atomic mass is 32.2. The molecule has 0 saturated carbocycles. The van der Waals surface area contributed by atoms with Crippen molar-refractivity contribution in [1.82, 2.24) is 4.98 Å². The van der Waals surface area contributed by atoms with Gasteiger partial charge in [-0.3, -0.25) is 14.1 Å². The largest absolute Gasteiger partial charge is 0.322 e. The van der Waals surface area contributed by atoms with Crippen molar-refractivity contribution in [2.24, 2.45) is 0 Å². The third kappa shape index (κ3) is 3.70. The van der Waals surface area contributed by atoms with E-state index in [2.05, 4.69) is 22.4 Å². The predicted molar refractivity (Wildman–Crippen MR) is 127 cm³/mol. The quantitative estimate of drug-likeness (QED) is 0.501. The van der Waals surface area contributed by atoms with Crippen molar-refractivity contribution in [3.63, 3.8) is 0 Å².